The minimum Gasteiger partial charge on any atom is -0.316 e. The van der Waals surface area contributed by atoms with Crippen molar-refractivity contribution >= 4 is 45.3 Å². The molecule has 0 spiro atoms. The SMILES string of the molecule is CCC1CCc2c(sc(NC(=O)CSc3nnc(-c4csc5c4CCCC5)n3CC)c2C#N)C1. The van der Waals surface area contributed by atoms with Crippen LogP contribution in [0.2, 0.25) is 0 Å². The van der Waals surface area contributed by atoms with Crippen molar-refractivity contribution in [1.29, 1.82) is 5.26 Å². The molecule has 0 aliphatic heterocycles. The maximum Gasteiger partial charge on any atom is 0.235 e. The maximum absolute atomic E-state index is 12.8. The van der Waals surface area contributed by atoms with E-state index in [2.05, 4.69) is 45.4 Å². The fourth-order valence-electron chi connectivity index (χ4n) is 5.06. The van der Waals surface area contributed by atoms with Crippen LogP contribution in [-0.2, 0) is 37.0 Å². The number of aryl methyl sites for hydroxylation is 1. The predicted molar refractivity (Wildman–Crippen MR) is 140 cm³/mol. The topological polar surface area (TPSA) is 83.6 Å². The average Bonchev–Trinajstić information content (AvgIpc) is 3.56. The minimum absolute atomic E-state index is 0.104. The van der Waals surface area contributed by atoms with Gasteiger partial charge >= 0.3 is 0 Å². The van der Waals surface area contributed by atoms with Crippen LogP contribution in [0.1, 0.15) is 66.0 Å². The first kappa shape index (κ1) is 23.6. The summed E-state index contributed by atoms with van der Waals surface area (Å²) in [4.78, 5) is 15.6. The summed E-state index contributed by atoms with van der Waals surface area (Å²) in [6.45, 7) is 5.07. The van der Waals surface area contributed by atoms with Crippen LogP contribution in [0.3, 0.4) is 0 Å². The van der Waals surface area contributed by atoms with Crippen molar-refractivity contribution in [2.24, 2.45) is 5.92 Å². The Bertz CT molecular complexity index is 1250. The standard InChI is InChI=1S/C25H29N5OS3/c1-3-15-9-10-17-18(12-26)24(34-21(17)11-15)27-22(31)14-33-25-29-28-23(30(25)4-2)19-13-32-20-8-6-5-7-16(19)20/h13,15H,3-11,14H2,1-2H3,(H,27,31). The smallest absolute Gasteiger partial charge is 0.235 e. The van der Waals surface area contributed by atoms with E-state index in [1.807, 2.05) is 11.3 Å². The monoisotopic (exact) mass is 511 g/mol. The third kappa shape index (κ3) is 4.43. The fraction of sp³-hybridized carbons (Fsp3) is 0.520. The maximum atomic E-state index is 12.8. The van der Waals surface area contributed by atoms with E-state index < -0.39 is 0 Å². The second-order valence-corrected chi connectivity index (χ2v) is 12.0. The zero-order valence-electron chi connectivity index (χ0n) is 19.6. The lowest BCUT2D eigenvalue weighted by Crippen LogP contribution is -2.15. The van der Waals surface area contributed by atoms with Gasteiger partial charge in [-0.1, -0.05) is 25.1 Å². The highest BCUT2D eigenvalue weighted by molar-refractivity contribution is 7.99. The van der Waals surface area contributed by atoms with Crippen molar-refractivity contribution in [3.05, 3.63) is 31.8 Å². The zero-order chi connectivity index (χ0) is 23.7. The molecular weight excluding hydrogens is 483 g/mol. The summed E-state index contributed by atoms with van der Waals surface area (Å²) >= 11 is 4.83. The fourth-order valence-corrected chi connectivity index (χ4v) is 8.32. The van der Waals surface area contributed by atoms with Gasteiger partial charge in [0.25, 0.3) is 0 Å². The molecule has 34 heavy (non-hydrogen) atoms. The number of carbonyl (C=O) groups excluding carboxylic acids is 1. The molecule has 0 radical (unpaired) electrons. The van der Waals surface area contributed by atoms with E-state index in [4.69, 9.17) is 0 Å². The van der Waals surface area contributed by atoms with E-state index in [1.54, 1.807) is 11.3 Å². The molecule has 1 N–H and O–H groups in total. The molecular formula is C25H29N5OS3. The van der Waals surface area contributed by atoms with Gasteiger partial charge in [-0.2, -0.15) is 5.26 Å². The Labute approximate surface area is 212 Å². The molecule has 0 saturated carbocycles. The van der Waals surface area contributed by atoms with Gasteiger partial charge in [-0.05, 0) is 68.9 Å². The molecule has 178 valence electrons. The molecule has 6 nitrogen and oxygen atoms in total. The molecule has 1 unspecified atom stereocenters. The largest absolute Gasteiger partial charge is 0.316 e. The highest BCUT2D eigenvalue weighted by Gasteiger charge is 2.26. The summed E-state index contributed by atoms with van der Waals surface area (Å²) in [5.41, 5.74) is 4.45. The summed E-state index contributed by atoms with van der Waals surface area (Å²) < 4.78 is 2.12. The van der Waals surface area contributed by atoms with Gasteiger partial charge < -0.3 is 9.88 Å². The predicted octanol–water partition coefficient (Wildman–Crippen LogP) is 6.08. The summed E-state index contributed by atoms with van der Waals surface area (Å²) in [6, 6.07) is 2.34. The van der Waals surface area contributed by atoms with Crippen LogP contribution in [-0.4, -0.2) is 26.4 Å². The first-order chi connectivity index (χ1) is 16.6. The number of thioether (sulfide) groups is 1. The average molecular weight is 512 g/mol. The van der Waals surface area contributed by atoms with Crippen LogP contribution in [0.15, 0.2) is 10.5 Å². The third-order valence-electron chi connectivity index (χ3n) is 6.98. The van der Waals surface area contributed by atoms with Crippen LogP contribution in [0, 0.1) is 17.2 Å². The Morgan fingerprint density at radius 1 is 1.24 bits per heavy atom. The van der Waals surface area contributed by atoms with Gasteiger partial charge in [0.1, 0.15) is 11.1 Å². The van der Waals surface area contributed by atoms with Gasteiger partial charge in [0.05, 0.1) is 11.3 Å². The molecule has 3 aromatic heterocycles. The molecule has 2 aliphatic carbocycles. The van der Waals surface area contributed by atoms with Gasteiger partial charge in [0, 0.05) is 27.2 Å². The number of nitrogens with zero attached hydrogens (tertiary/aromatic N) is 4. The van der Waals surface area contributed by atoms with Gasteiger partial charge in [-0.15, -0.1) is 32.9 Å². The van der Waals surface area contributed by atoms with E-state index in [-0.39, 0.29) is 11.7 Å². The molecule has 0 bridgehead atoms. The van der Waals surface area contributed by atoms with E-state index in [0.29, 0.717) is 16.5 Å². The van der Waals surface area contributed by atoms with Gasteiger partial charge in [-0.3, -0.25) is 4.79 Å². The number of anilines is 1. The first-order valence-corrected chi connectivity index (χ1v) is 14.8. The molecule has 1 amide bonds. The van der Waals surface area contributed by atoms with Crippen molar-refractivity contribution < 1.29 is 4.79 Å². The van der Waals surface area contributed by atoms with Crippen molar-refractivity contribution in [3.8, 4) is 17.5 Å². The van der Waals surface area contributed by atoms with E-state index in [1.165, 1.54) is 45.5 Å². The summed E-state index contributed by atoms with van der Waals surface area (Å²) in [7, 11) is 0. The molecule has 3 aromatic rings. The Hall–Kier alpha value is -2.15. The van der Waals surface area contributed by atoms with Crippen molar-refractivity contribution in [1.82, 2.24) is 14.8 Å². The van der Waals surface area contributed by atoms with Gasteiger partial charge in [0.2, 0.25) is 5.91 Å². The number of nitrogens with one attached hydrogen (secondary N) is 1. The molecule has 0 aromatic carbocycles. The quantitative estimate of drug-likeness (QED) is 0.388. The second kappa shape index (κ2) is 10.2. The van der Waals surface area contributed by atoms with Gasteiger partial charge in [-0.25, -0.2) is 0 Å². The number of rotatable bonds is 7. The second-order valence-electron chi connectivity index (χ2n) is 8.98. The molecule has 2 aliphatic rings. The van der Waals surface area contributed by atoms with E-state index in [9.17, 15) is 10.1 Å². The van der Waals surface area contributed by atoms with Crippen LogP contribution in [0.4, 0.5) is 5.00 Å². The number of thiophene rings is 2. The van der Waals surface area contributed by atoms with Crippen LogP contribution >= 0.6 is 34.4 Å². The Balaban J connectivity index is 1.28. The molecule has 0 saturated heterocycles. The van der Waals surface area contributed by atoms with Crippen LogP contribution in [0.5, 0.6) is 0 Å². The lowest BCUT2D eigenvalue weighted by atomic mass is 9.86. The minimum atomic E-state index is -0.104. The lowest BCUT2D eigenvalue weighted by molar-refractivity contribution is -0.113. The molecule has 1 atom stereocenters. The van der Waals surface area contributed by atoms with Crippen LogP contribution < -0.4 is 5.32 Å². The normalized spacial score (nSPS) is 17.1. The number of hydrogen-bond donors (Lipinski definition) is 1. The number of hydrogen-bond acceptors (Lipinski definition) is 7. The number of nitriles is 1. The lowest BCUT2D eigenvalue weighted by Gasteiger charge is -2.20. The summed E-state index contributed by atoms with van der Waals surface area (Å²) in [6.07, 6.45) is 9.01. The van der Waals surface area contributed by atoms with Crippen molar-refractivity contribution in [2.75, 3.05) is 11.1 Å². The number of amides is 1. The Morgan fingerprint density at radius 3 is 2.88 bits per heavy atom. The third-order valence-corrected chi connectivity index (χ3v) is 10.2. The first-order valence-electron chi connectivity index (χ1n) is 12.1. The summed E-state index contributed by atoms with van der Waals surface area (Å²) in [5, 5.41) is 25.4. The van der Waals surface area contributed by atoms with Crippen molar-refractivity contribution in [2.45, 2.75) is 76.9 Å². The van der Waals surface area contributed by atoms with Crippen molar-refractivity contribution in [3.63, 3.8) is 0 Å². The molecule has 3 heterocycles. The molecule has 5 rings (SSSR count). The van der Waals surface area contributed by atoms with E-state index in [0.717, 1.165) is 61.6 Å². The number of aromatic nitrogens is 3. The van der Waals surface area contributed by atoms with Gasteiger partial charge in [0.15, 0.2) is 11.0 Å². The summed E-state index contributed by atoms with van der Waals surface area (Å²) in [5.74, 6) is 1.73. The Morgan fingerprint density at radius 2 is 2.09 bits per heavy atom. The zero-order valence-corrected chi connectivity index (χ0v) is 22.1. The highest BCUT2D eigenvalue weighted by Crippen LogP contribution is 2.40. The molecule has 0 fully saturated rings. The highest BCUT2D eigenvalue weighted by atomic mass is 32.2. The van der Waals surface area contributed by atoms with E-state index >= 15 is 0 Å². The molecule has 9 heteroatoms. The van der Waals surface area contributed by atoms with Crippen LogP contribution in [0.25, 0.3) is 11.4 Å². The Kier molecular flexibility index (Phi) is 7.09. The number of fused-ring (bicyclic) bond motifs is 2. The number of carbonyl (C=O) groups is 1.